The van der Waals surface area contributed by atoms with Crippen LogP contribution in [-0.2, 0) is 16.0 Å². The molecule has 1 atom stereocenters. The highest BCUT2D eigenvalue weighted by molar-refractivity contribution is 6.31. The normalized spacial score (nSPS) is 12.5. The number of ketones is 1. The average Bonchev–Trinajstić information content (AvgIpc) is 2.22. The van der Waals surface area contributed by atoms with Gasteiger partial charge in [-0.05, 0) is 23.6 Å². The summed E-state index contributed by atoms with van der Waals surface area (Å²) in [5, 5.41) is 0.303. The summed E-state index contributed by atoms with van der Waals surface area (Å²) < 4.78 is 17.8. The van der Waals surface area contributed by atoms with Gasteiger partial charge in [0.15, 0.2) is 0 Å². The fourth-order valence-corrected chi connectivity index (χ4v) is 1.92. The molecule has 0 aliphatic rings. The lowest BCUT2D eigenvalue weighted by Gasteiger charge is -2.09. The van der Waals surface area contributed by atoms with Gasteiger partial charge >= 0.3 is 0 Å². The van der Waals surface area contributed by atoms with Crippen molar-refractivity contribution in [2.45, 2.75) is 19.8 Å². The first-order valence-electron chi connectivity index (χ1n) is 5.47. The topological polar surface area (TPSA) is 26.3 Å². The zero-order valence-corrected chi connectivity index (χ0v) is 10.8. The SMILES string of the molecule is COCC(C)CC(=O)Cc1ccc(F)cc1Cl. The van der Waals surface area contributed by atoms with Crippen molar-refractivity contribution in [2.75, 3.05) is 13.7 Å². The minimum Gasteiger partial charge on any atom is -0.384 e. The molecular formula is C13H16ClFO2. The van der Waals surface area contributed by atoms with Crippen LogP contribution >= 0.6 is 11.6 Å². The van der Waals surface area contributed by atoms with Crippen molar-refractivity contribution < 1.29 is 13.9 Å². The number of benzene rings is 1. The van der Waals surface area contributed by atoms with Gasteiger partial charge in [-0.2, -0.15) is 0 Å². The minimum absolute atomic E-state index is 0.0862. The highest BCUT2D eigenvalue weighted by Gasteiger charge is 2.12. The predicted octanol–water partition coefficient (Wildman–Crippen LogP) is 3.26. The third-order valence-electron chi connectivity index (χ3n) is 2.43. The lowest BCUT2D eigenvalue weighted by atomic mass is 10.0. The molecular weight excluding hydrogens is 243 g/mol. The highest BCUT2D eigenvalue weighted by Crippen LogP contribution is 2.19. The molecule has 94 valence electrons. The van der Waals surface area contributed by atoms with Crippen LogP contribution in [-0.4, -0.2) is 19.5 Å². The van der Waals surface area contributed by atoms with Crippen molar-refractivity contribution in [3.05, 3.63) is 34.6 Å². The van der Waals surface area contributed by atoms with E-state index in [-0.39, 0.29) is 23.9 Å². The summed E-state index contributed by atoms with van der Waals surface area (Å²) in [6.07, 6.45) is 0.689. The van der Waals surface area contributed by atoms with Gasteiger partial charge in [0, 0.05) is 31.6 Å². The summed E-state index contributed by atoms with van der Waals surface area (Å²) >= 11 is 5.85. The Hall–Kier alpha value is -0.930. The van der Waals surface area contributed by atoms with Crippen LogP contribution in [0.5, 0.6) is 0 Å². The number of Topliss-reactive ketones (excluding diaryl/α,β-unsaturated/α-hetero) is 1. The van der Waals surface area contributed by atoms with Gasteiger partial charge in [-0.25, -0.2) is 4.39 Å². The maximum Gasteiger partial charge on any atom is 0.137 e. The number of halogens is 2. The van der Waals surface area contributed by atoms with Crippen molar-refractivity contribution in [3.63, 3.8) is 0 Å². The van der Waals surface area contributed by atoms with Crippen LogP contribution in [0.3, 0.4) is 0 Å². The first kappa shape index (κ1) is 14.1. The third-order valence-corrected chi connectivity index (χ3v) is 2.78. The second-order valence-electron chi connectivity index (χ2n) is 4.22. The van der Waals surface area contributed by atoms with E-state index in [2.05, 4.69) is 0 Å². The molecule has 4 heteroatoms. The molecule has 0 saturated heterocycles. The van der Waals surface area contributed by atoms with Crippen molar-refractivity contribution in [1.29, 1.82) is 0 Å². The van der Waals surface area contributed by atoms with E-state index < -0.39 is 0 Å². The average molecular weight is 259 g/mol. The van der Waals surface area contributed by atoms with Crippen LogP contribution in [0.2, 0.25) is 5.02 Å². The van der Waals surface area contributed by atoms with Gasteiger partial charge in [0.05, 0.1) is 0 Å². The van der Waals surface area contributed by atoms with Crippen molar-refractivity contribution in [3.8, 4) is 0 Å². The van der Waals surface area contributed by atoms with Gasteiger partial charge < -0.3 is 4.74 Å². The highest BCUT2D eigenvalue weighted by atomic mass is 35.5. The largest absolute Gasteiger partial charge is 0.384 e. The molecule has 0 aromatic heterocycles. The zero-order chi connectivity index (χ0) is 12.8. The maximum absolute atomic E-state index is 12.8. The first-order valence-corrected chi connectivity index (χ1v) is 5.85. The molecule has 1 aromatic rings. The molecule has 0 fully saturated rings. The van der Waals surface area contributed by atoms with E-state index in [4.69, 9.17) is 16.3 Å². The number of hydrogen-bond acceptors (Lipinski definition) is 2. The van der Waals surface area contributed by atoms with E-state index >= 15 is 0 Å². The molecule has 1 aromatic carbocycles. The Morgan fingerprint density at radius 3 is 2.82 bits per heavy atom. The number of hydrogen-bond donors (Lipinski definition) is 0. The summed E-state index contributed by atoms with van der Waals surface area (Å²) in [5.74, 6) is -0.117. The maximum atomic E-state index is 12.8. The second-order valence-corrected chi connectivity index (χ2v) is 4.62. The van der Waals surface area contributed by atoms with E-state index in [9.17, 15) is 9.18 Å². The molecule has 0 aliphatic carbocycles. The van der Waals surface area contributed by atoms with Crippen molar-refractivity contribution >= 4 is 17.4 Å². The first-order chi connectivity index (χ1) is 8.02. The van der Waals surface area contributed by atoms with Crippen LogP contribution < -0.4 is 0 Å². The molecule has 2 nitrogen and oxygen atoms in total. The summed E-state index contributed by atoms with van der Waals surface area (Å²) in [6.45, 7) is 2.51. The van der Waals surface area contributed by atoms with Crippen LogP contribution in [0, 0.1) is 11.7 Å². The van der Waals surface area contributed by atoms with Crippen LogP contribution in [0.1, 0.15) is 18.9 Å². The number of carbonyl (C=O) groups is 1. The van der Waals surface area contributed by atoms with Gasteiger partial charge in [0.2, 0.25) is 0 Å². The van der Waals surface area contributed by atoms with Crippen LogP contribution in [0.4, 0.5) is 4.39 Å². The molecule has 1 rings (SSSR count). The Bertz CT molecular complexity index is 393. The molecule has 0 spiro atoms. The molecule has 0 aliphatic heterocycles. The minimum atomic E-state index is -0.390. The fourth-order valence-electron chi connectivity index (χ4n) is 1.68. The summed E-state index contributed by atoms with van der Waals surface area (Å²) in [4.78, 5) is 11.7. The Balaban J connectivity index is 2.56. The standard InChI is InChI=1S/C13H16ClFO2/c1-9(8-17-2)5-12(16)6-10-3-4-11(15)7-13(10)14/h3-4,7,9H,5-6,8H2,1-2H3. The molecule has 0 amide bonds. The zero-order valence-electron chi connectivity index (χ0n) is 10.0. The molecule has 0 bridgehead atoms. The molecule has 0 radical (unpaired) electrons. The Kier molecular flexibility index (Phi) is 5.59. The van der Waals surface area contributed by atoms with E-state index in [0.717, 1.165) is 0 Å². The monoisotopic (exact) mass is 258 g/mol. The van der Waals surface area contributed by atoms with Gasteiger partial charge in [-0.1, -0.05) is 24.6 Å². The lowest BCUT2D eigenvalue weighted by Crippen LogP contribution is -2.12. The Labute approximate surface area is 106 Å². The molecule has 0 heterocycles. The van der Waals surface area contributed by atoms with Crippen LogP contribution in [0.15, 0.2) is 18.2 Å². The van der Waals surface area contributed by atoms with Crippen molar-refractivity contribution in [1.82, 2.24) is 0 Å². The van der Waals surface area contributed by atoms with Gasteiger partial charge in [-0.3, -0.25) is 4.79 Å². The second kappa shape index (κ2) is 6.72. The van der Waals surface area contributed by atoms with Gasteiger partial charge in [-0.15, -0.1) is 0 Å². The number of methoxy groups -OCH3 is 1. The lowest BCUT2D eigenvalue weighted by molar-refractivity contribution is -0.119. The third kappa shape index (κ3) is 4.84. The van der Waals surface area contributed by atoms with E-state index in [0.29, 0.717) is 23.6 Å². The molecule has 0 N–H and O–H groups in total. The van der Waals surface area contributed by atoms with Gasteiger partial charge in [0.1, 0.15) is 11.6 Å². The van der Waals surface area contributed by atoms with E-state index in [1.165, 1.54) is 12.1 Å². The molecule has 17 heavy (non-hydrogen) atoms. The van der Waals surface area contributed by atoms with E-state index in [1.54, 1.807) is 13.2 Å². The molecule has 0 saturated carbocycles. The van der Waals surface area contributed by atoms with Crippen LogP contribution in [0.25, 0.3) is 0 Å². The summed E-state index contributed by atoms with van der Waals surface area (Å²) in [6, 6.07) is 4.09. The number of rotatable bonds is 6. The Morgan fingerprint density at radius 1 is 1.53 bits per heavy atom. The summed E-state index contributed by atoms with van der Waals surface area (Å²) in [5.41, 5.74) is 0.669. The van der Waals surface area contributed by atoms with Crippen molar-refractivity contribution in [2.24, 2.45) is 5.92 Å². The predicted molar refractivity (Wildman–Crippen MR) is 65.8 cm³/mol. The quantitative estimate of drug-likeness (QED) is 0.783. The fraction of sp³-hybridized carbons (Fsp3) is 0.462. The number of ether oxygens (including phenoxy) is 1. The summed E-state index contributed by atoms with van der Waals surface area (Å²) in [7, 11) is 1.61. The Morgan fingerprint density at radius 2 is 2.24 bits per heavy atom. The molecule has 1 unspecified atom stereocenters. The van der Waals surface area contributed by atoms with Gasteiger partial charge in [0.25, 0.3) is 0 Å². The smallest absolute Gasteiger partial charge is 0.137 e. The number of carbonyl (C=O) groups excluding carboxylic acids is 1. The van der Waals surface area contributed by atoms with E-state index in [1.807, 2.05) is 6.92 Å².